The molecule has 0 fully saturated rings. The molecule has 0 aromatic carbocycles. The Morgan fingerprint density at radius 1 is 1.31 bits per heavy atom. The molecule has 2 rings (SSSR count). The highest BCUT2D eigenvalue weighted by atomic mass is 32.1. The number of rotatable bonds is 11. The van der Waals surface area contributed by atoms with E-state index in [1.54, 1.807) is 19.1 Å². The van der Waals surface area contributed by atoms with Gasteiger partial charge in [0.15, 0.2) is 10.8 Å². The van der Waals surface area contributed by atoms with Crippen LogP contribution in [0.4, 0.5) is 18.0 Å². The molecular weight excluding hydrogens is 491 g/mol. The van der Waals surface area contributed by atoms with Gasteiger partial charge in [0.05, 0.1) is 13.0 Å². The molecule has 3 N–H and O–H groups in total. The Bertz CT molecular complexity index is 1160. The smallest absolute Gasteiger partial charge is 0.408 e. The first-order chi connectivity index (χ1) is 16.4. The number of nitrogens with one attached hydrogen (secondary N) is 1. The predicted octanol–water partition coefficient (Wildman–Crippen LogP) is 5.69. The lowest BCUT2D eigenvalue weighted by atomic mass is 10.00. The van der Waals surface area contributed by atoms with Crippen LogP contribution in [0.1, 0.15) is 60.0 Å². The van der Waals surface area contributed by atoms with Gasteiger partial charge in [0.25, 0.3) is 0 Å². The minimum Gasteiger partial charge on any atom is -0.507 e. The van der Waals surface area contributed by atoms with Gasteiger partial charge in [0.1, 0.15) is 17.1 Å². The van der Waals surface area contributed by atoms with Crippen molar-refractivity contribution < 1.29 is 42.1 Å². The number of thiophene rings is 1. The van der Waals surface area contributed by atoms with E-state index in [0.29, 0.717) is 17.7 Å². The van der Waals surface area contributed by atoms with Crippen LogP contribution in [0.25, 0.3) is 6.08 Å². The third-order valence-corrected chi connectivity index (χ3v) is 5.65. The van der Waals surface area contributed by atoms with Crippen molar-refractivity contribution in [3.8, 4) is 10.8 Å². The Hall–Kier alpha value is -3.54. The largest absolute Gasteiger partial charge is 0.507 e. The summed E-state index contributed by atoms with van der Waals surface area (Å²) in [6, 6.07) is 4.22. The Morgan fingerprint density at radius 3 is 2.66 bits per heavy atom. The van der Waals surface area contributed by atoms with Gasteiger partial charge in [-0.05, 0) is 43.5 Å². The molecule has 0 saturated heterocycles. The van der Waals surface area contributed by atoms with Gasteiger partial charge in [-0.15, -0.1) is 0 Å². The number of carboxylic acid groups (broad SMARTS) is 1. The third-order valence-electron chi connectivity index (χ3n) is 4.70. The molecular formula is C23H24F3NO7S. The SMILES string of the molecule is CC(=Cc1ccc(OCCC(F)(F)F)s1)C(=O)c1c(O)cc(C(C)CC/C=C/NC(=O)O)oc1=O. The summed E-state index contributed by atoms with van der Waals surface area (Å²) in [7, 11) is 0. The van der Waals surface area contributed by atoms with E-state index in [2.05, 4.69) is 5.32 Å². The standard InChI is InChI=1S/C23H24F3NO7S/c1-13(5-3-4-9-27-22(31)32)17-12-16(28)19(21(30)34-17)20(29)14(2)11-15-6-7-18(35-15)33-10-8-23(24,25)26/h4,6-7,9,11-13,27-28H,3,5,8,10H2,1-2H3,(H,31,32)/b9-4+,14-11?. The zero-order chi connectivity index (χ0) is 26.2. The molecule has 0 saturated carbocycles. The molecule has 0 aliphatic carbocycles. The fraction of sp³-hybridized carbons (Fsp3) is 0.348. The first-order valence-electron chi connectivity index (χ1n) is 10.4. The van der Waals surface area contributed by atoms with Crippen LogP contribution < -0.4 is 15.7 Å². The van der Waals surface area contributed by atoms with Crippen molar-refractivity contribution in [1.29, 1.82) is 0 Å². The Balaban J connectivity index is 2.07. The van der Waals surface area contributed by atoms with Gasteiger partial charge in [0.2, 0.25) is 0 Å². The molecule has 2 aromatic heterocycles. The molecule has 0 radical (unpaired) electrons. The van der Waals surface area contributed by atoms with Crippen LogP contribution in [0, 0.1) is 0 Å². The van der Waals surface area contributed by atoms with Gasteiger partial charge < -0.3 is 19.4 Å². The summed E-state index contributed by atoms with van der Waals surface area (Å²) in [4.78, 5) is 36.1. The summed E-state index contributed by atoms with van der Waals surface area (Å²) < 4.78 is 47.0. The first-order valence-corrected chi connectivity index (χ1v) is 11.2. The highest BCUT2D eigenvalue weighted by Gasteiger charge is 2.27. The molecule has 0 aliphatic heterocycles. The van der Waals surface area contributed by atoms with E-state index >= 15 is 0 Å². The molecule has 8 nitrogen and oxygen atoms in total. The highest BCUT2D eigenvalue weighted by Crippen LogP contribution is 2.29. The number of hydrogen-bond donors (Lipinski definition) is 3. The van der Waals surface area contributed by atoms with E-state index in [4.69, 9.17) is 14.3 Å². The molecule has 2 heterocycles. The minimum atomic E-state index is -4.32. The second kappa shape index (κ2) is 12.2. The summed E-state index contributed by atoms with van der Waals surface area (Å²) in [5.74, 6) is -1.42. The maximum Gasteiger partial charge on any atom is 0.408 e. The first kappa shape index (κ1) is 27.7. The summed E-state index contributed by atoms with van der Waals surface area (Å²) in [6.45, 7) is 2.65. The van der Waals surface area contributed by atoms with Crippen LogP contribution in [-0.2, 0) is 0 Å². The van der Waals surface area contributed by atoms with Crippen molar-refractivity contribution >= 4 is 29.3 Å². The zero-order valence-corrected chi connectivity index (χ0v) is 19.7. The summed E-state index contributed by atoms with van der Waals surface area (Å²) >= 11 is 1.03. The van der Waals surface area contributed by atoms with Gasteiger partial charge in [-0.2, -0.15) is 13.2 Å². The summed E-state index contributed by atoms with van der Waals surface area (Å²) in [5.41, 5.74) is -1.43. The Kier molecular flexibility index (Phi) is 9.69. The number of hydrogen-bond acceptors (Lipinski definition) is 7. The van der Waals surface area contributed by atoms with Crippen molar-refractivity contribution in [3.05, 3.63) is 62.7 Å². The van der Waals surface area contributed by atoms with E-state index in [0.717, 1.165) is 11.3 Å². The molecule has 1 amide bonds. The number of amides is 1. The average Bonchev–Trinajstić information content (AvgIpc) is 3.18. The number of Topliss-reactive ketones (excluding diaryl/α,β-unsaturated/α-hetero) is 1. The lowest BCUT2D eigenvalue weighted by molar-refractivity contribution is -0.139. The average molecular weight is 516 g/mol. The molecule has 12 heteroatoms. The monoisotopic (exact) mass is 515 g/mol. The molecule has 190 valence electrons. The number of ether oxygens (including phenoxy) is 1. The summed E-state index contributed by atoms with van der Waals surface area (Å²) in [6.07, 6.45) is -1.36. The van der Waals surface area contributed by atoms with Crippen LogP contribution in [0.2, 0.25) is 0 Å². The number of carbonyl (C=O) groups excluding carboxylic acids is 1. The normalized spacial score (nSPS) is 13.1. The molecule has 1 atom stereocenters. The quantitative estimate of drug-likeness (QED) is 0.259. The van der Waals surface area contributed by atoms with Crippen LogP contribution in [-0.4, -0.2) is 34.9 Å². The van der Waals surface area contributed by atoms with Crippen LogP contribution in [0.5, 0.6) is 10.8 Å². The highest BCUT2D eigenvalue weighted by molar-refractivity contribution is 7.14. The van der Waals surface area contributed by atoms with Crippen LogP contribution in [0.15, 0.2) is 45.3 Å². The molecule has 0 bridgehead atoms. The Morgan fingerprint density at radius 2 is 2.03 bits per heavy atom. The predicted molar refractivity (Wildman–Crippen MR) is 123 cm³/mol. The second-order valence-electron chi connectivity index (χ2n) is 7.55. The lowest BCUT2D eigenvalue weighted by Crippen LogP contribution is -2.16. The summed E-state index contributed by atoms with van der Waals surface area (Å²) in [5, 5.41) is 21.2. The third kappa shape index (κ3) is 8.96. The molecule has 0 aliphatic rings. The topological polar surface area (TPSA) is 126 Å². The zero-order valence-electron chi connectivity index (χ0n) is 18.8. The fourth-order valence-corrected chi connectivity index (χ4v) is 3.77. The van der Waals surface area contributed by atoms with Gasteiger partial charge >= 0.3 is 17.9 Å². The van der Waals surface area contributed by atoms with E-state index in [1.807, 2.05) is 0 Å². The lowest BCUT2D eigenvalue weighted by Gasteiger charge is -2.11. The number of alkyl halides is 3. The van der Waals surface area contributed by atoms with Crippen LogP contribution in [0.3, 0.4) is 0 Å². The number of ketones is 1. The maximum atomic E-state index is 12.8. The van der Waals surface area contributed by atoms with E-state index in [-0.39, 0.29) is 22.3 Å². The number of halogens is 3. The van der Waals surface area contributed by atoms with Crippen molar-refractivity contribution in [2.24, 2.45) is 0 Å². The van der Waals surface area contributed by atoms with Crippen molar-refractivity contribution in [1.82, 2.24) is 5.32 Å². The number of carbonyl (C=O) groups is 2. The van der Waals surface area contributed by atoms with Crippen molar-refractivity contribution in [3.63, 3.8) is 0 Å². The molecule has 0 spiro atoms. The fourth-order valence-electron chi connectivity index (χ4n) is 2.89. The molecule has 2 aromatic rings. The molecule has 35 heavy (non-hydrogen) atoms. The van der Waals surface area contributed by atoms with Gasteiger partial charge in [0, 0.05) is 23.1 Å². The van der Waals surface area contributed by atoms with E-state index in [1.165, 1.54) is 31.3 Å². The van der Waals surface area contributed by atoms with Gasteiger partial charge in [-0.25, -0.2) is 9.59 Å². The Labute approximate surface area is 202 Å². The van der Waals surface area contributed by atoms with Gasteiger partial charge in [-0.1, -0.05) is 24.3 Å². The number of aromatic hydroxyl groups is 1. The second-order valence-corrected chi connectivity index (χ2v) is 8.63. The van der Waals surface area contributed by atoms with E-state index < -0.39 is 48.0 Å². The molecule has 1 unspecified atom stereocenters. The van der Waals surface area contributed by atoms with E-state index in [9.17, 15) is 32.7 Å². The van der Waals surface area contributed by atoms with Crippen molar-refractivity contribution in [2.45, 2.75) is 45.2 Å². The maximum absolute atomic E-state index is 12.8. The minimum absolute atomic E-state index is 0.105. The van der Waals surface area contributed by atoms with Gasteiger partial charge in [-0.3, -0.25) is 10.1 Å². The number of allylic oxidation sites excluding steroid dienone is 2. The van der Waals surface area contributed by atoms with Crippen LogP contribution >= 0.6 is 11.3 Å². The van der Waals surface area contributed by atoms with Crippen molar-refractivity contribution in [2.75, 3.05) is 6.61 Å².